The maximum absolute atomic E-state index is 5.51. The van der Waals surface area contributed by atoms with Gasteiger partial charge in [0, 0.05) is 13.5 Å². The molecule has 2 rings (SSSR count). The second-order valence-corrected chi connectivity index (χ2v) is 4.96. The SMILES string of the molecule is CCOc1cccc(Cc2nc(C)n(C)c2Br)c1. The van der Waals surface area contributed by atoms with Crippen molar-refractivity contribution in [2.24, 2.45) is 7.05 Å². The number of benzene rings is 1. The van der Waals surface area contributed by atoms with Gasteiger partial charge in [-0.3, -0.25) is 0 Å². The van der Waals surface area contributed by atoms with E-state index in [0.717, 1.165) is 28.3 Å². The molecular formula is C14H17BrN2O. The zero-order chi connectivity index (χ0) is 13.1. The number of aryl methyl sites for hydroxylation is 1. The first-order valence-corrected chi connectivity index (χ1v) is 6.80. The first-order valence-electron chi connectivity index (χ1n) is 6.01. The summed E-state index contributed by atoms with van der Waals surface area (Å²) in [5, 5.41) is 0. The van der Waals surface area contributed by atoms with Gasteiger partial charge in [-0.2, -0.15) is 0 Å². The summed E-state index contributed by atoms with van der Waals surface area (Å²) in [5.74, 6) is 1.93. The van der Waals surface area contributed by atoms with Crippen molar-refractivity contribution in [3.05, 3.63) is 46.0 Å². The van der Waals surface area contributed by atoms with Crippen LogP contribution >= 0.6 is 15.9 Å². The Morgan fingerprint density at radius 1 is 1.39 bits per heavy atom. The van der Waals surface area contributed by atoms with Crippen molar-refractivity contribution in [1.82, 2.24) is 9.55 Å². The molecule has 0 saturated heterocycles. The van der Waals surface area contributed by atoms with Gasteiger partial charge in [0.2, 0.25) is 0 Å². The van der Waals surface area contributed by atoms with Crippen molar-refractivity contribution < 1.29 is 4.74 Å². The fourth-order valence-corrected chi connectivity index (χ4v) is 2.36. The highest BCUT2D eigenvalue weighted by Gasteiger charge is 2.10. The molecule has 18 heavy (non-hydrogen) atoms. The van der Waals surface area contributed by atoms with Crippen molar-refractivity contribution in [2.45, 2.75) is 20.3 Å². The molecule has 2 aromatic rings. The molecular weight excluding hydrogens is 292 g/mol. The fraction of sp³-hybridized carbons (Fsp3) is 0.357. The third-order valence-electron chi connectivity index (χ3n) is 2.90. The predicted octanol–water partition coefficient (Wildman–Crippen LogP) is 3.48. The number of hydrogen-bond acceptors (Lipinski definition) is 2. The number of halogens is 1. The minimum absolute atomic E-state index is 0.690. The van der Waals surface area contributed by atoms with Gasteiger partial charge < -0.3 is 9.30 Å². The van der Waals surface area contributed by atoms with Crippen LogP contribution in [0.5, 0.6) is 5.75 Å². The molecule has 0 aliphatic carbocycles. The summed E-state index contributed by atoms with van der Waals surface area (Å²) >= 11 is 3.58. The lowest BCUT2D eigenvalue weighted by Crippen LogP contribution is -1.94. The molecule has 0 aliphatic rings. The van der Waals surface area contributed by atoms with E-state index in [1.54, 1.807) is 0 Å². The van der Waals surface area contributed by atoms with E-state index >= 15 is 0 Å². The first kappa shape index (κ1) is 13.1. The van der Waals surface area contributed by atoms with Crippen molar-refractivity contribution >= 4 is 15.9 Å². The van der Waals surface area contributed by atoms with E-state index in [4.69, 9.17) is 4.74 Å². The number of imidazole rings is 1. The summed E-state index contributed by atoms with van der Waals surface area (Å²) in [7, 11) is 2.01. The summed E-state index contributed by atoms with van der Waals surface area (Å²) in [6.07, 6.45) is 0.809. The van der Waals surface area contributed by atoms with E-state index in [1.807, 2.05) is 37.6 Å². The van der Waals surface area contributed by atoms with Gasteiger partial charge in [-0.15, -0.1) is 0 Å². The standard InChI is InChI=1S/C14H17BrN2O/c1-4-18-12-7-5-6-11(8-12)9-13-14(15)17(3)10(2)16-13/h5-8H,4,9H2,1-3H3. The molecule has 96 valence electrons. The second kappa shape index (κ2) is 5.57. The van der Waals surface area contributed by atoms with Crippen LogP contribution in [0.25, 0.3) is 0 Å². The third-order valence-corrected chi connectivity index (χ3v) is 3.89. The van der Waals surface area contributed by atoms with Gasteiger partial charge >= 0.3 is 0 Å². The molecule has 1 aromatic heterocycles. The summed E-state index contributed by atoms with van der Waals surface area (Å²) < 4.78 is 8.59. The average Bonchev–Trinajstić information content (AvgIpc) is 2.58. The van der Waals surface area contributed by atoms with Crippen LogP contribution in [0.1, 0.15) is 24.0 Å². The number of rotatable bonds is 4. The van der Waals surface area contributed by atoms with E-state index in [9.17, 15) is 0 Å². The van der Waals surface area contributed by atoms with Crippen LogP contribution in [0.2, 0.25) is 0 Å². The molecule has 0 bridgehead atoms. The van der Waals surface area contributed by atoms with E-state index in [2.05, 4.69) is 33.0 Å². The lowest BCUT2D eigenvalue weighted by atomic mass is 10.1. The summed E-state index contributed by atoms with van der Waals surface area (Å²) in [6, 6.07) is 8.16. The Kier molecular flexibility index (Phi) is 4.07. The molecule has 0 N–H and O–H groups in total. The number of aromatic nitrogens is 2. The lowest BCUT2D eigenvalue weighted by Gasteiger charge is -2.05. The normalized spacial score (nSPS) is 10.7. The maximum Gasteiger partial charge on any atom is 0.119 e. The van der Waals surface area contributed by atoms with Crippen molar-refractivity contribution in [3.63, 3.8) is 0 Å². The van der Waals surface area contributed by atoms with Crippen LogP contribution in [-0.4, -0.2) is 16.2 Å². The highest BCUT2D eigenvalue weighted by atomic mass is 79.9. The van der Waals surface area contributed by atoms with Gasteiger partial charge in [-0.05, 0) is 47.5 Å². The molecule has 1 heterocycles. The summed E-state index contributed by atoms with van der Waals surface area (Å²) in [6.45, 7) is 4.69. The smallest absolute Gasteiger partial charge is 0.119 e. The van der Waals surface area contributed by atoms with Crippen LogP contribution in [-0.2, 0) is 13.5 Å². The minimum atomic E-state index is 0.690. The summed E-state index contributed by atoms with van der Waals surface area (Å²) in [5.41, 5.74) is 2.27. The molecule has 0 spiro atoms. The van der Waals surface area contributed by atoms with Crippen LogP contribution in [0.15, 0.2) is 28.9 Å². The van der Waals surface area contributed by atoms with Gasteiger partial charge in [0.1, 0.15) is 16.2 Å². The van der Waals surface area contributed by atoms with Gasteiger partial charge in [0.15, 0.2) is 0 Å². The Bertz CT molecular complexity index is 549. The Morgan fingerprint density at radius 2 is 2.17 bits per heavy atom. The molecule has 0 atom stereocenters. The van der Waals surface area contributed by atoms with Gasteiger partial charge in [0.25, 0.3) is 0 Å². The van der Waals surface area contributed by atoms with Crippen molar-refractivity contribution in [1.29, 1.82) is 0 Å². The molecule has 4 heteroatoms. The lowest BCUT2D eigenvalue weighted by molar-refractivity contribution is 0.340. The molecule has 0 saturated carbocycles. The van der Waals surface area contributed by atoms with Crippen LogP contribution in [0.3, 0.4) is 0 Å². The van der Waals surface area contributed by atoms with Gasteiger partial charge in [0.05, 0.1) is 12.3 Å². The Labute approximate surface area is 116 Å². The minimum Gasteiger partial charge on any atom is -0.494 e. The molecule has 0 fully saturated rings. The average molecular weight is 309 g/mol. The van der Waals surface area contributed by atoms with Crippen molar-refractivity contribution in [3.8, 4) is 5.75 Å². The number of ether oxygens (including phenoxy) is 1. The highest BCUT2D eigenvalue weighted by molar-refractivity contribution is 9.10. The highest BCUT2D eigenvalue weighted by Crippen LogP contribution is 2.22. The quantitative estimate of drug-likeness (QED) is 0.864. The maximum atomic E-state index is 5.51. The van der Waals surface area contributed by atoms with Crippen molar-refractivity contribution in [2.75, 3.05) is 6.61 Å². The monoisotopic (exact) mass is 308 g/mol. The van der Waals surface area contributed by atoms with E-state index in [1.165, 1.54) is 5.56 Å². The molecule has 3 nitrogen and oxygen atoms in total. The molecule has 0 amide bonds. The number of nitrogens with zero attached hydrogens (tertiary/aromatic N) is 2. The molecule has 0 aliphatic heterocycles. The number of hydrogen-bond donors (Lipinski definition) is 0. The Morgan fingerprint density at radius 3 is 2.78 bits per heavy atom. The van der Waals surface area contributed by atoms with Crippen LogP contribution in [0.4, 0.5) is 0 Å². The zero-order valence-electron chi connectivity index (χ0n) is 10.9. The Balaban J connectivity index is 2.23. The largest absolute Gasteiger partial charge is 0.494 e. The molecule has 0 unspecified atom stereocenters. The topological polar surface area (TPSA) is 27.1 Å². The van der Waals surface area contributed by atoms with Gasteiger partial charge in [-0.25, -0.2) is 4.98 Å². The fourth-order valence-electron chi connectivity index (χ4n) is 1.87. The first-order chi connectivity index (χ1) is 8.61. The Hall–Kier alpha value is -1.29. The molecule has 1 aromatic carbocycles. The molecule has 0 radical (unpaired) electrons. The van der Waals surface area contributed by atoms with Crippen LogP contribution in [0, 0.1) is 6.92 Å². The van der Waals surface area contributed by atoms with E-state index in [0.29, 0.717) is 6.61 Å². The summed E-state index contributed by atoms with van der Waals surface area (Å²) in [4.78, 5) is 4.56. The van der Waals surface area contributed by atoms with E-state index in [-0.39, 0.29) is 0 Å². The zero-order valence-corrected chi connectivity index (χ0v) is 12.5. The second-order valence-electron chi connectivity index (χ2n) is 4.21. The van der Waals surface area contributed by atoms with E-state index < -0.39 is 0 Å². The van der Waals surface area contributed by atoms with Gasteiger partial charge in [-0.1, -0.05) is 12.1 Å². The predicted molar refractivity (Wildman–Crippen MR) is 76.1 cm³/mol. The third kappa shape index (κ3) is 2.75. The van der Waals surface area contributed by atoms with Crippen LogP contribution < -0.4 is 4.74 Å².